The summed E-state index contributed by atoms with van der Waals surface area (Å²) in [5, 5.41) is 22.1. The van der Waals surface area contributed by atoms with Crippen molar-refractivity contribution >= 4 is 17.7 Å². The molecule has 0 aromatic heterocycles. The number of amides is 2. The highest BCUT2D eigenvalue weighted by atomic mass is 19.1. The van der Waals surface area contributed by atoms with Gasteiger partial charge < -0.3 is 20.8 Å². The van der Waals surface area contributed by atoms with Gasteiger partial charge in [0.1, 0.15) is 11.9 Å². The van der Waals surface area contributed by atoms with E-state index in [9.17, 15) is 14.0 Å². The van der Waals surface area contributed by atoms with Crippen LogP contribution >= 0.6 is 0 Å². The van der Waals surface area contributed by atoms with E-state index in [0.29, 0.717) is 11.3 Å². The van der Waals surface area contributed by atoms with Crippen LogP contribution in [0.3, 0.4) is 0 Å². The molecule has 0 saturated carbocycles. The number of carboxylic acids is 1. The number of hydrogen-bond donors (Lipinski definition) is 4. The highest BCUT2D eigenvalue weighted by Gasteiger charge is 2.19. The van der Waals surface area contributed by atoms with E-state index >= 15 is 0 Å². The first-order chi connectivity index (χ1) is 8.93. The van der Waals surface area contributed by atoms with Crippen molar-refractivity contribution in [2.75, 3.05) is 11.9 Å². The number of anilines is 1. The van der Waals surface area contributed by atoms with E-state index in [0.717, 1.165) is 0 Å². The molecule has 0 unspecified atom stereocenters. The molecule has 1 aromatic rings. The molecule has 1 rings (SSSR count). The van der Waals surface area contributed by atoms with Gasteiger partial charge in [-0.05, 0) is 30.7 Å². The molecule has 0 aliphatic carbocycles. The molecule has 2 amide bonds. The molecule has 7 heteroatoms. The van der Waals surface area contributed by atoms with Crippen LogP contribution in [0.5, 0.6) is 0 Å². The average Bonchev–Trinajstić information content (AvgIpc) is 2.32. The number of carbonyl (C=O) groups is 2. The van der Waals surface area contributed by atoms with Gasteiger partial charge in [-0.25, -0.2) is 14.0 Å². The number of aryl methyl sites for hydroxylation is 1. The Labute approximate surface area is 109 Å². The molecule has 104 valence electrons. The predicted octanol–water partition coefficient (Wildman–Crippen LogP) is 1.09. The fourth-order valence-corrected chi connectivity index (χ4v) is 1.47. The summed E-state index contributed by atoms with van der Waals surface area (Å²) in [4.78, 5) is 22.4. The van der Waals surface area contributed by atoms with Crippen molar-refractivity contribution in [3.05, 3.63) is 29.6 Å². The van der Waals surface area contributed by atoms with Gasteiger partial charge in [0.25, 0.3) is 0 Å². The van der Waals surface area contributed by atoms with E-state index in [2.05, 4.69) is 10.6 Å². The van der Waals surface area contributed by atoms with E-state index in [1.165, 1.54) is 18.2 Å². The molecule has 0 spiro atoms. The summed E-state index contributed by atoms with van der Waals surface area (Å²) in [6.07, 6.45) is -0.0921. The second-order valence-electron chi connectivity index (χ2n) is 3.96. The third-order valence-electron chi connectivity index (χ3n) is 2.46. The lowest BCUT2D eigenvalue weighted by Gasteiger charge is -2.15. The van der Waals surface area contributed by atoms with Gasteiger partial charge in [0.15, 0.2) is 0 Å². The second-order valence-corrected chi connectivity index (χ2v) is 3.96. The smallest absolute Gasteiger partial charge is 0.326 e. The average molecular weight is 270 g/mol. The van der Waals surface area contributed by atoms with Crippen LogP contribution in [0.15, 0.2) is 18.2 Å². The number of aliphatic hydroxyl groups excluding tert-OH is 1. The Hall–Kier alpha value is -2.15. The van der Waals surface area contributed by atoms with Crippen LogP contribution in [0.1, 0.15) is 12.0 Å². The van der Waals surface area contributed by atoms with Crippen LogP contribution in [-0.2, 0) is 4.79 Å². The SMILES string of the molecule is Cc1cc(F)ccc1NC(=O)N[C@@H](CCO)C(=O)O. The van der Waals surface area contributed by atoms with Gasteiger partial charge in [0.2, 0.25) is 0 Å². The Balaban J connectivity index is 2.66. The monoisotopic (exact) mass is 270 g/mol. The zero-order chi connectivity index (χ0) is 14.4. The van der Waals surface area contributed by atoms with Crippen LogP contribution in [-0.4, -0.2) is 34.9 Å². The summed E-state index contributed by atoms with van der Waals surface area (Å²) in [5.74, 6) is -1.66. The van der Waals surface area contributed by atoms with E-state index in [1.807, 2.05) is 0 Å². The number of carboxylic acid groups (broad SMARTS) is 1. The van der Waals surface area contributed by atoms with Gasteiger partial charge in [-0.15, -0.1) is 0 Å². The first-order valence-corrected chi connectivity index (χ1v) is 5.61. The zero-order valence-corrected chi connectivity index (χ0v) is 10.3. The number of aliphatic carboxylic acids is 1. The largest absolute Gasteiger partial charge is 0.480 e. The Morgan fingerprint density at radius 1 is 1.42 bits per heavy atom. The number of hydrogen-bond acceptors (Lipinski definition) is 3. The number of urea groups is 1. The van der Waals surface area contributed by atoms with Crippen molar-refractivity contribution in [3.8, 4) is 0 Å². The number of benzene rings is 1. The molecular formula is C12H15FN2O4. The standard InChI is InChI=1S/C12H15FN2O4/c1-7-6-8(13)2-3-9(7)14-12(19)15-10(4-5-16)11(17)18/h2-3,6,10,16H,4-5H2,1H3,(H,17,18)(H2,14,15,19)/t10-/m0/s1. The minimum Gasteiger partial charge on any atom is -0.480 e. The third kappa shape index (κ3) is 4.55. The van der Waals surface area contributed by atoms with Crippen LogP contribution in [0.4, 0.5) is 14.9 Å². The summed E-state index contributed by atoms with van der Waals surface area (Å²) < 4.78 is 12.9. The van der Waals surface area contributed by atoms with Crippen molar-refractivity contribution < 1.29 is 24.2 Å². The number of halogens is 1. The lowest BCUT2D eigenvalue weighted by atomic mass is 10.2. The number of nitrogens with one attached hydrogen (secondary N) is 2. The van der Waals surface area contributed by atoms with Crippen molar-refractivity contribution in [2.24, 2.45) is 0 Å². The quantitative estimate of drug-likeness (QED) is 0.643. The van der Waals surface area contributed by atoms with E-state index < -0.39 is 23.9 Å². The van der Waals surface area contributed by atoms with Gasteiger partial charge in [-0.2, -0.15) is 0 Å². The maximum absolute atomic E-state index is 12.9. The topological polar surface area (TPSA) is 98.7 Å². The molecule has 0 radical (unpaired) electrons. The number of carbonyl (C=O) groups excluding carboxylic acids is 1. The van der Waals surface area contributed by atoms with E-state index in [1.54, 1.807) is 6.92 Å². The molecule has 1 atom stereocenters. The van der Waals surface area contributed by atoms with Crippen molar-refractivity contribution in [3.63, 3.8) is 0 Å². The molecule has 0 fully saturated rings. The molecule has 1 aromatic carbocycles. The molecule has 0 aliphatic heterocycles. The molecule has 0 aliphatic rings. The fraction of sp³-hybridized carbons (Fsp3) is 0.333. The predicted molar refractivity (Wildman–Crippen MR) is 66.4 cm³/mol. The molecule has 6 nitrogen and oxygen atoms in total. The number of rotatable bonds is 5. The Morgan fingerprint density at radius 3 is 2.63 bits per heavy atom. The maximum atomic E-state index is 12.9. The van der Waals surface area contributed by atoms with Crippen molar-refractivity contribution in [2.45, 2.75) is 19.4 Å². The van der Waals surface area contributed by atoms with Gasteiger partial charge >= 0.3 is 12.0 Å². The highest BCUT2D eigenvalue weighted by Crippen LogP contribution is 2.15. The normalized spacial score (nSPS) is 11.7. The zero-order valence-electron chi connectivity index (χ0n) is 10.3. The molecule has 0 bridgehead atoms. The van der Waals surface area contributed by atoms with Crippen LogP contribution in [0, 0.1) is 12.7 Å². The second kappa shape index (κ2) is 6.69. The summed E-state index contributed by atoms with van der Waals surface area (Å²) in [5.41, 5.74) is 0.899. The van der Waals surface area contributed by atoms with Crippen LogP contribution < -0.4 is 10.6 Å². The van der Waals surface area contributed by atoms with Gasteiger partial charge in [0.05, 0.1) is 0 Å². The Kier molecular flexibility index (Phi) is 5.25. The Bertz CT molecular complexity index is 479. The van der Waals surface area contributed by atoms with Gasteiger partial charge in [-0.3, -0.25) is 0 Å². The summed E-state index contributed by atoms with van der Waals surface area (Å²) in [6, 6.07) is 1.91. The minimum atomic E-state index is -1.24. The third-order valence-corrected chi connectivity index (χ3v) is 2.46. The van der Waals surface area contributed by atoms with Crippen molar-refractivity contribution in [1.82, 2.24) is 5.32 Å². The summed E-state index contributed by atoms with van der Waals surface area (Å²) in [6.45, 7) is 1.26. The van der Waals surface area contributed by atoms with E-state index in [-0.39, 0.29) is 13.0 Å². The van der Waals surface area contributed by atoms with Gasteiger partial charge in [0, 0.05) is 18.7 Å². The summed E-state index contributed by atoms with van der Waals surface area (Å²) in [7, 11) is 0. The van der Waals surface area contributed by atoms with Crippen LogP contribution in [0.25, 0.3) is 0 Å². The van der Waals surface area contributed by atoms with Crippen LogP contribution in [0.2, 0.25) is 0 Å². The molecule has 4 N–H and O–H groups in total. The number of aliphatic hydroxyl groups is 1. The molecule has 19 heavy (non-hydrogen) atoms. The highest BCUT2D eigenvalue weighted by molar-refractivity contribution is 5.92. The van der Waals surface area contributed by atoms with Gasteiger partial charge in [-0.1, -0.05) is 0 Å². The summed E-state index contributed by atoms with van der Waals surface area (Å²) >= 11 is 0. The minimum absolute atomic E-state index is 0.0921. The van der Waals surface area contributed by atoms with E-state index in [4.69, 9.17) is 10.2 Å². The van der Waals surface area contributed by atoms with Crippen molar-refractivity contribution in [1.29, 1.82) is 0 Å². The molecule has 0 saturated heterocycles. The molecule has 0 heterocycles. The molecular weight excluding hydrogens is 255 g/mol. The Morgan fingerprint density at radius 2 is 2.11 bits per heavy atom. The lowest BCUT2D eigenvalue weighted by Crippen LogP contribution is -2.43. The first-order valence-electron chi connectivity index (χ1n) is 5.61. The maximum Gasteiger partial charge on any atom is 0.326 e. The first kappa shape index (κ1) is 14.9. The lowest BCUT2D eigenvalue weighted by molar-refractivity contribution is -0.139. The fourth-order valence-electron chi connectivity index (χ4n) is 1.47.